The first-order chi connectivity index (χ1) is 23.3. The number of likely N-dealkylation sites (N-methyl/N-ethyl adjacent to an activating group) is 1. The number of amides is 3. The maximum absolute atomic E-state index is 13.6. The van der Waals surface area contributed by atoms with E-state index in [1.807, 2.05) is 30.3 Å². The van der Waals surface area contributed by atoms with Crippen LogP contribution in [0.2, 0.25) is 0 Å². The van der Waals surface area contributed by atoms with Crippen molar-refractivity contribution < 1.29 is 24.3 Å². The number of hydrogen-bond donors (Lipinski definition) is 3. The van der Waals surface area contributed by atoms with Gasteiger partial charge in [0.05, 0.1) is 17.4 Å². The molecule has 1 fully saturated rings. The summed E-state index contributed by atoms with van der Waals surface area (Å²) in [5.41, 5.74) is 6.06. The minimum absolute atomic E-state index is 0.0668. The summed E-state index contributed by atoms with van der Waals surface area (Å²) in [5, 5.41) is 15.3. The topological polar surface area (TPSA) is 132 Å². The van der Waals surface area contributed by atoms with Gasteiger partial charge in [0.25, 0.3) is 17.7 Å². The molecule has 2 heterocycles. The lowest BCUT2D eigenvalue weighted by Gasteiger charge is -2.29. The van der Waals surface area contributed by atoms with Gasteiger partial charge in [0.1, 0.15) is 6.54 Å². The fraction of sp³-hybridized carbons (Fsp3) is 0.289. The van der Waals surface area contributed by atoms with Gasteiger partial charge in [-0.2, -0.15) is 0 Å². The van der Waals surface area contributed by atoms with Crippen molar-refractivity contribution in [3.05, 3.63) is 113 Å². The first-order valence-electron chi connectivity index (χ1n) is 16.4. The van der Waals surface area contributed by atoms with Crippen LogP contribution < -0.4 is 15.5 Å². The molecule has 1 saturated heterocycles. The molecular weight excluding hydrogens is 606 g/mol. The van der Waals surface area contributed by atoms with Crippen LogP contribution in [-0.4, -0.2) is 65.4 Å². The van der Waals surface area contributed by atoms with E-state index in [1.54, 1.807) is 36.5 Å². The fourth-order valence-electron chi connectivity index (χ4n) is 6.55. The number of carboxylic acid groups (broad SMARTS) is 1. The lowest BCUT2D eigenvalue weighted by atomic mass is 9.87. The Hall–Kier alpha value is -5.51. The van der Waals surface area contributed by atoms with Crippen LogP contribution in [0.5, 0.6) is 0 Å². The molecule has 1 aliphatic heterocycles. The van der Waals surface area contributed by atoms with Crippen LogP contribution in [0.1, 0.15) is 80.3 Å². The zero-order chi connectivity index (χ0) is 33.6. The quantitative estimate of drug-likeness (QED) is 0.205. The number of aryl methyl sites for hydroxylation is 1. The molecule has 6 rings (SSSR count). The van der Waals surface area contributed by atoms with Crippen molar-refractivity contribution in [2.24, 2.45) is 0 Å². The van der Waals surface area contributed by atoms with Crippen molar-refractivity contribution in [1.82, 2.24) is 15.2 Å². The first kappa shape index (κ1) is 32.4. The van der Waals surface area contributed by atoms with E-state index in [-0.39, 0.29) is 23.1 Å². The molecule has 0 spiro atoms. The Morgan fingerprint density at radius 2 is 1.62 bits per heavy atom. The molecule has 0 bridgehead atoms. The van der Waals surface area contributed by atoms with Crippen molar-refractivity contribution >= 4 is 35.1 Å². The average Bonchev–Trinajstić information content (AvgIpc) is 3.11. The maximum Gasteiger partial charge on any atom is 0.323 e. The number of carboxylic acids is 1. The van der Waals surface area contributed by atoms with E-state index in [2.05, 4.69) is 32.7 Å². The molecule has 10 heteroatoms. The molecule has 2 aliphatic rings. The predicted octanol–water partition coefficient (Wildman–Crippen LogP) is 5.96. The fourth-order valence-corrected chi connectivity index (χ4v) is 6.55. The highest BCUT2D eigenvalue weighted by Crippen LogP contribution is 2.34. The Morgan fingerprint density at radius 1 is 0.854 bits per heavy atom. The number of carbonyl (C=O) groups excluding carboxylic acids is 3. The van der Waals surface area contributed by atoms with Crippen molar-refractivity contribution in [1.29, 1.82) is 0 Å². The monoisotopic (exact) mass is 645 g/mol. The lowest BCUT2D eigenvalue weighted by molar-refractivity contribution is -0.137. The van der Waals surface area contributed by atoms with Crippen molar-refractivity contribution in [2.45, 2.75) is 44.6 Å². The number of pyridine rings is 1. The Bertz CT molecular complexity index is 1850. The standard InChI is InChI=1S/C38H39N5O5/c1-42(24-35(44)45)38(48)28-12-7-11-26(21-28)36(46)41-33-16-15-29(43-19-5-2-6-20-43)23-31(33)34-22-27(17-18-39-34)37(47)40-32-14-8-10-25-9-3-4-13-30(25)32/h3-4,7,9,11-13,15-18,21-23,32H,2,5-6,8,10,14,19-20,24H2,1H3,(H,40,47)(H,41,46)(H,44,45)/t32-/m0/s1. The summed E-state index contributed by atoms with van der Waals surface area (Å²) >= 11 is 0. The Morgan fingerprint density at radius 3 is 2.44 bits per heavy atom. The molecule has 246 valence electrons. The number of anilines is 2. The molecule has 3 N–H and O–H groups in total. The number of aromatic nitrogens is 1. The van der Waals surface area contributed by atoms with Gasteiger partial charge in [-0.25, -0.2) is 0 Å². The van der Waals surface area contributed by atoms with Crippen LogP contribution in [0.4, 0.5) is 11.4 Å². The minimum atomic E-state index is -1.13. The van der Waals surface area contributed by atoms with Gasteiger partial charge in [-0.05, 0) is 98.2 Å². The molecule has 0 radical (unpaired) electrons. The van der Waals surface area contributed by atoms with Crippen molar-refractivity contribution in [3.63, 3.8) is 0 Å². The smallest absolute Gasteiger partial charge is 0.323 e. The number of carbonyl (C=O) groups is 4. The molecular formula is C38H39N5O5. The van der Waals surface area contributed by atoms with E-state index >= 15 is 0 Å². The highest BCUT2D eigenvalue weighted by Gasteiger charge is 2.23. The summed E-state index contributed by atoms with van der Waals surface area (Å²) in [5.74, 6) is -2.26. The molecule has 0 unspecified atom stereocenters. The third-order valence-electron chi connectivity index (χ3n) is 9.04. The van der Waals surface area contributed by atoms with Crippen molar-refractivity contribution in [3.8, 4) is 11.3 Å². The Balaban J connectivity index is 1.28. The minimum Gasteiger partial charge on any atom is -0.480 e. The number of benzene rings is 3. The SMILES string of the molecule is CN(CC(=O)O)C(=O)c1cccc(C(=O)Nc2ccc(N3CCCCC3)cc2-c2cc(C(=O)N[C@H]3CCCc4ccccc43)ccn2)c1. The lowest BCUT2D eigenvalue weighted by Crippen LogP contribution is -2.32. The molecule has 4 aromatic rings. The summed E-state index contributed by atoms with van der Waals surface area (Å²) < 4.78 is 0. The van der Waals surface area contributed by atoms with E-state index in [4.69, 9.17) is 5.11 Å². The predicted molar refractivity (Wildman–Crippen MR) is 184 cm³/mol. The third-order valence-corrected chi connectivity index (χ3v) is 9.04. The second kappa shape index (κ2) is 14.5. The number of aliphatic carboxylic acids is 1. The molecule has 3 aromatic carbocycles. The van der Waals surface area contributed by atoms with Crippen LogP contribution in [0.15, 0.2) is 85.1 Å². The summed E-state index contributed by atoms with van der Waals surface area (Å²) in [7, 11) is 1.40. The van der Waals surface area contributed by atoms with Gasteiger partial charge in [-0.1, -0.05) is 30.3 Å². The number of fused-ring (bicyclic) bond motifs is 1. The molecule has 10 nitrogen and oxygen atoms in total. The molecule has 1 aliphatic carbocycles. The van der Waals surface area contributed by atoms with Crippen LogP contribution in [-0.2, 0) is 11.2 Å². The molecule has 48 heavy (non-hydrogen) atoms. The second-order valence-electron chi connectivity index (χ2n) is 12.4. The van der Waals surface area contributed by atoms with Crippen LogP contribution in [0.3, 0.4) is 0 Å². The largest absolute Gasteiger partial charge is 0.480 e. The number of piperidine rings is 1. The van der Waals surface area contributed by atoms with E-state index in [9.17, 15) is 19.2 Å². The summed E-state index contributed by atoms with van der Waals surface area (Å²) in [6, 6.07) is 23.6. The average molecular weight is 646 g/mol. The molecule has 3 amide bonds. The number of nitrogens with one attached hydrogen (secondary N) is 2. The zero-order valence-corrected chi connectivity index (χ0v) is 26.9. The maximum atomic E-state index is 13.6. The number of nitrogens with zero attached hydrogens (tertiary/aromatic N) is 3. The van der Waals surface area contributed by atoms with Crippen molar-refractivity contribution in [2.75, 3.05) is 36.9 Å². The zero-order valence-electron chi connectivity index (χ0n) is 26.9. The Labute approximate surface area is 279 Å². The van der Waals surface area contributed by atoms with Gasteiger partial charge in [0, 0.05) is 54.3 Å². The highest BCUT2D eigenvalue weighted by atomic mass is 16.4. The normalized spacial score (nSPS) is 15.6. The van der Waals surface area contributed by atoms with Gasteiger partial charge in [-0.3, -0.25) is 24.2 Å². The first-order valence-corrected chi connectivity index (χ1v) is 16.4. The van der Waals surface area contributed by atoms with E-state index in [0.29, 0.717) is 22.5 Å². The van der Waals surface area contributed by atoms with Gasteiger partial charge < -0.3 is 25.5 Å². The van der Waals surface area contributed by atoms with E-state index < -0.39 is 24.3 Å². The number of rotatable bonds is 9. The summed E-state index contributed by atoms with van der Waals surface area (Å²) in [6.07, 6.45) is 7.89. The highest BCUT2D eigenvalue weighted by molar-refractivity contribution is 6.08. The third kappa shape index (κ3) is 7.38. The second-order valence-corrected chi connectivity index (χ2v) is 12.4. The van der Waals surface area contributed by atoms with Gasteiger partial charge in [0.15, 0.2) is 0 Å². The van der Waals surface area contributed by atoms with Crippen LogP contribution in [0.25, 0.3) is 11.3 Å². The molecule has 0 saturated carbocycles. The van der Waals surface area contributed by atoms with E-state index in [1.165, 1.54) is 25.1 Å². The summed E-state index contributed by atoms with van der Waals surface area (Å²) in [4.78, 5) is 59.1. The molecule has 1 aromatic heterocycles. The van der Waals surface area contributed by atoms with Crippen LogP contribution in [0, 0.1) is 0 Å². The van der Waals surface area contributed by atoms with Gasteiger partial charge >= 0.3 is 5.97 Å². The number of hydrogen-bond acceptors (Lipinski definition) is 6. The van der Waals surface area contributed by atoms with E-state index in [0.717, 1.165) is 61.3 Å². The molecule has 1 atom stereocenters. The Kier molecular flexibility index (Phi) is 9.80. The van der Waals surface area contributed by atoms with Crippen LogP contribution >= 0.6 is 0 Å². The van der Waals surface area contributed by atoms with Gasteiger partial charge in [-0.15, -0.1) is 0 Å². The summed E-state index contributed by atoms with van der Waals surface area (Å²) in [6.45, 7) is 1.40. The van der Waals surface area contributed by atoms with Gasteiger partial charge in [0.2, 0.25) is 0 Å².